The number of carboxylic acid groups (broad SMARTS) is 1. The SMILES string of the molecule is CCCCCCCCCCCCCCCCCCCCCCCCN(CCCCCCCCCCCCCCCCCCCCCCCC)C(CC)CCC(=O)[O-].[Li+]. The maximum absolute atomic E-state index is 11.2. The Balaban J connectivity index is 0. The van der Waals surface area contributed by atoms with Gasteiger partial charge in [0.05, 0.1) is 0 Å². The van der Waals surface area contributed by atoms with Gasteiger partial charge in [-0.3, -0.25) is 0 Å². The van der Waals surface area contributed by atoms with Crippen LogP contribution in [0.2, 0.25) is 0 Å². The average molecular weight is 810 g/mol. The summed E-state index contributed by atoms with van der Waals surface area (Å²) in [5.74, 6) is -0.887. The van der Waals surface area contributed by atoms with Gasteiger partial charge in [-0.1, -0.05) is 290 Å². The van der Waals surface area contributed by atoms with E-state index in [0.717, 1.165) is 25.9 Å². The summed E-state index contributed by atoms with van der Waals surface area (Å²) in [6, 6.07) is 0.396. The molecule has 1 atom stereocenters. The molecule has 58 heavy (non-hydrogen) atoms. The summed E-state index contributed by atoms with van der Waals surface area (Å²) in [5.41, 5.74) is 0. The number of hydrogen-bond acceptors (Lipinski definition) is 3. The number of nitrogens with zero attached hydrogens (tertiary/aromatic N) is 1. The van der Waals surface area contributed by atoms with Gasteiger partial charge in [0.2, 0.25) is 0 Å². The maximum atomic E-state index is 11.2. The van der Waals surface area contributed by atoms with Crippen molar-refractivity contribution in [2.45, 2.75) is 329 Å². The molecule has 0 aliphatic carbocycles. The van der Waals surface area contributed by atoms with Crippen molar-refractivity contribution in [3.05, 3.63) is 0 Å². The van der Waals surface area contributed by atoms with Gasteiger partial charge in [0.25, 0.3) is 0 Å². The third-order valence-corrected chi connectivity index (χ3v) is 13.3. The van der Waals surface area contributed by atoms with Gasteiger partial charge in [0.15, 0.2) is 0 Å². The van der Waals surface area contributed by atoms with Gasteiger partial charge in [-0.05, 0) is 45.2 Å². The summed E-state index contributed by atoms with van der Waals surface area (Å²) in [7, 11) is 0. The zero-order valence-electron chi connectivity index (χ0n) is 41.0. The molecule has 0 amide bonds. The molecule has 0 aromatic heterocycles. The molecule has 0 saturated heterocycles. The zero-order valence-corrected chi connectivity index (χ0v) is 41.0. The van der Waals surface area contributed by atoms with Crippen LogP contribution in [0.15, 0.2) is 0 Å². The van der Waals surface area contributed by atoms with Crippen molar-refractivity contribution in [3.63, 3.8) is 0 Å². The molecule has 0 fully saturated rings. The fourth-order valence-electron chi connectivity index (χ4n) is 9.25. The van der Waals surface area contributed by atoms with E-state index in [9.17, 15) is 9.90 Å². The molecule has 0 N–H and O–H groups in total. The Labute approximate surface area is 379 Å². The van der Waals surface area contributed by atoms with Crippen molar-refractivity contribution in [3.8, 4) is 0 Å². The maximum Gasteiger partial charge on any atom is 1.00 e. The van der Waals surface area contributed by atoms with Crippen LogP contribution in [0.25, 0.3) is 0 Å². The molecule has 342 valence electrons. The topological polar surface area (TPSA) is 43.4 Å². The third kappa shape index (κ3) is 48.7. The molecule has 0 aliphatic heterocycles. The summed E-state index contributed by atoms with van der Waals surface area (Å²) in [6.45, 7) is 9.13. The summed E-state index contributed by atoms with van der Waals surface area (Å²) in [5, 5.41) is 11.2. The fraction of sp³-hybridized carbons (Fsp3) is 0.981. The van der Waals surface area contributed by atoms with Gasteiger partial charge < -0.3 is 14.8 Å². The molecule has 0 saturated carbocycles. The minimum atomic E-state index is -0.887. The number of rotatable bonds is 51. The van der Waals surface area contributed by atoms with Gasteiger partial charge in [-0.15, -0.1) is 0 Å². The zero-order chi connectivity index (χ0) is 41.4. The monoisotopic (exact) mass is 810 g/mol. The summed E-state index contributed by atoms with van der Waals surface area (Å²) < 4.78 is 0. The molecular formula is C54H108LiNO2. The molecule has 0 aromatic carbocycles. The van der Waals surface area contributed by atoms with Crippen molar-refractivity contribution in [2.24, 2.45) is 0 Å². The average Bonchev–Trinajstić information content (AvgIpc) is 3.21. The predicted octanol–water partition coefficient (Wildman–Crippen LogP) is 14.8. The second-order valence-corrected chi connectivity index (χ2v) is 18.9. The molecule has 3 nitrogen and oxygen atoms in total. The van der Waals surface area contributed by atoms with Crippen LogP contribution in [0.1, 0.15) is 323 Å². The largest absolute Gasteiger partial charge is 1.00 e. The van der Waals surface area contributed by atoms with Crippen molar-refractivity contribution in [1.82, 2.24) is 4.90 Å². The van der Waals surface area contributed by atoms with Crippen LogP contribution in [0.5, 0.6) is 0 Å². The van der Waals surface area contributed by atoms with E-state index in [0.29, 0.717) is 6.04 Å². The van der Waals surface area contributed by atoms with Gasteiger partial charge >= 0.3 is 18.9 Å². The van der Waals surface area contributed by atoms with Crippen LogP contribution in [-0.4, -0.2) is 30.0 Å². The number of carbonyl (C=O) groups excluding carboxylic acids is 1. The Hall–Kier alpha value is 0.0274. The first-order valence-corrected chi connectivity index (χ1v) is 27.1. The molecule has 0 bridgehead atoms. The minimum absolute atomic E-state index is 0. The Morgan fingerprint density at radius 1 is 0.345 bits per heavy atom. The van der Waals surface area contributed by atoms with E-state index in [-0.39, 0.29) is 25.3 Å². The normalized spacial score (nSPS) is 12.1. The number of unbranched alkanes of at least 4 members (excludes halogenated alkanes) is 42. The van der Waals surface area contributed by atoms with Crippen molar-refractivity contribution >= 4 is 5.97 Å². The van der Waals surface area contributed by atoms with Crippen molar-refractivity contribution in [2.75, 3.05) is 13.1 Å². The molecule has 0 rings (SSSR count). The number of carboxylic acids is 1. The second-order valence-electron chi connectivity index (χ2n) is 18.9. The first-order valence-electron chi connectivity index (χ1n) is 27.1. The molecule has 0 aliphatic rings. The van der Waals surface area contributed by atoms with Crippen LogP contribution in [-0.2, 0) is 4.79 Å². The molecule has 4 heteroatoms. The number of aliphatic carboxylic acids is 1. The van der Waals surface area contributed by atoms with Gasteiger partial charge in [0, 0.05) is 12.0 Å². The molecule has 1 unspecified atom stereocenters. The Morgan fingerprint density at radius 2 is 0.534 bits per heavy atom. The smallest absolute Gasteiger partial charge is 0.550 e. The van der Waals surface area contributed by atoms with Crippen LogP contribution in [0.3, 0.4) is 0 Å². The summed E-state index contributed by atoms with van der Waals surface area (Å²) >= 11 is 0. The van der Waals surface area contributed by atoms with Crippen LogP contribution >= 0.6 is 0 Å². The van der Waals surface area contributed by atoms with E-state index in [1.807, 2.05) is 0 Å². The molecular weight excluding hydrogens is 702 g/mol. The first kappa shape index (κ1) is 60.1. The first-order chi connectivity index (χ1) is 28.2. The fourth-order valence-corrected chi connectivity index (χ4v) is 9.25. The summed E-state index contributed by atoms with van der Waals surface area (Å²) in [6.07, 6.45) is 64.7. The van der Waals surface area contributed by atoms with Crippen LogP contribution < -0.4 is 24.0 Å². The quantitative estimate of drug-likeness (QED) is 0.0454. The van der Waals surface area contributed by atoms with Gasteiger partial charge in [0.1, 0.15) is 0 Å². The molecule has 0 heterocycles. The second kappa shape index (κ2) is 53.2. The van der Waals surface area contributed by atoms with E-state index in [4.69, 9.17) is 0 Å². The number of hydrogen-bond donors (Lipinski definition) is 0. The molecule has 0 aromatic rings. The van der Waals surface area contributed by atoms with E-state index in [2.05, 4.69) is 25.7 Å². The van der Waals surface area contributed by atoms with E-state index < -0.39 is 5.97 Å². The molecule has 0 radical (unpaired) electrons. The van der Waals surface area contributed by atoms with Crippen LogP contribution in [0, 0.1) is 0 Å². The standard InChI is InChI=1S/C54H109NO2.Li/c1-4-7-9-11-13-15-17-19-21-23-25-27-29-31-33-35-37-39-41-43-45-47-51-55(53(6-3)49-50-54(56)57)52-48-46-44-42-40-38-36-34-32-30-28-26-24-22-20-18-16-14-12-10-8-5-2;/h53H,4-52H2,1-3H3,(H,56,57);/q;+1/p-1. The van der Waals surface area contributed by atoms with Gasteiger partial charge in [-0.2, -0.15) is 0 Å². The van der Waals surface area contributed by atoms with Crippen molar-refractivity contribution in [1.29, 1.82) is 0 Å². The Morgan fingerprint density at radius 3 is 0.707 bits per heavy atom. The van der Waals surface area contributed by atoms with Crippen LogP contribution in [0.4, 0.5) is 0 Å². The Bertz CT molecular complexity index is 699. The van der Waals surface area contributed by atoms with E-state index in [1.165, 1.54) is 283 Å². The van der Waals surface area contributed by atoms with Gasteiger partial charge in [-0.25, -0.2) is 0 Å². The predicted molar refractivity (Wildman–Crippen MR) is 254 cm³/mol. The number of carbonyl (C=O) groups is 1. The Kier molecular flexibility index (Phi) is 55.1. The van der Waals surface area contributed by atoms with E-state index >= 15 is 0 Å². The minimum Gasteiger partial charge on any atom is -0.550 e. The van der Waals surface area contributed by atoms with Crippen molar-refractivity contribution < 1.29 is 28.8 Å². The molecule has 0 spiro atoms. The van der Waals surface area contributed by atoms with E-state index in [1.54, 1.807) is 0 Å². The summed E-state index contributed by atoms with van der Waals surface area (Å²) in [4.78, 5) is 13.9. The third-order valence-electron chi connectivity index (χ3n) is 13.3.